The minimum Gasteiger partial charge on any atom is -0.465 e. The lowest BCUT2D eigenvalue weighted by Crippen LogP contribution is -2.72. The fourth-order valence-corrected chi connectivity index (χ4v) is 7.39. The summed E-state index contributed by atoms with van der Waals surface area (Å²) < 4.78 is 28.8. The van der Waals surface area contributed by atoms with E-state index in [0.29, 0.717) is 32.3 Å². The average Bonchev–Trinajstić information content (AvgIpc) is 3.49. The minimum atomic E-state index is -1.34. The van der Waals surface area contributed by atoms with Crippen LogP contribution in [0.5, 0.6) is 0 Å². The summed E-state index contributed by atoms with van der Waals surface area (Å²) in [5.41, 5.74) is -3.04. The van der Waals surface area contributed by atoms with E-state index in [1.807, 2.05) is 13.8 Å². The van der Waals surface area contributed by atoms with Crippen LogP contribution in [0.2, 0.25) is 0 Å². The molecule has 9 atom stereocenters. The molecule has 1 spiro atoms. The van der Waals surface area contributed by atoms with Gasteiger partial charge in [0.25, 0.3) is 0 Å². The third-order valence-electron chi connectivity index (χ3n) is 9.63. The summed E-state index contributed by atoms with van der Waals surface area (Å²) in [4.78, 5) is 62.8. The van der Waals surface area contributed by atoms with Crippen molar-refractivity contribution in [1.82, 2.24) is 0 Å². The maximum Gasteiger partial charge on any atom is 0.309 e. The standard InChI is InChI=1S/C28H40O10/c1-15(2)24(32)38-20-11-21-26(6,9-7-19-8-10-34-25(19)33)16(3)22(36-17(4)30)23(37-18(5)31)28(21,13-29)27(12-20)14-35-27/h13,15-16,19-23H,7-12,14H2,1-6H3/t16-,19+,20-,21-,22-,23+,26+,27+,28+/m1/s1. The molecule has 0 N–H and O–H groups in total. The van der Waals surface area contributed by atoms with Crippen molar-refractivity contribution in [3.05, 3.63) is 0 Å². The highest BCUT2D eigenvalue weighted by molar-refractivity contribution is 5.74. The van der Waals surface area contributed by atoms with Gasteiger partial charge in [0.1, 0.15) is 29.5 Å². The van der Waals surface area contributed by atoms with Crippen LogP contribution in [0.25, 0.3) is 0 Å². The van der Waals surface area contributed by atoms with Crippen LogP contribution in [0.3, 0.4) is 0 Å². The van der Waals surface area contributed by atoms with Gasteiger partial charge >= 0.3 is 23.9 Å². The Labute approximate surface area is 223 Å². The van der Waals surface area contributed by atoms with E-state index in [0.717, 1.165) is 6.29 Å². The Bertz CT molecular complexity index is 986. The van der Waals surface area contributed by atoms with Gasteiger partial charge in [0, 0.05) is 26.2 Å². The molecule has 212 valence electrons. The molecule has 2 saturated carbocycles. The summed E-state index contributed by atoms with van der Waals surface area (Å²) in [6.07, 6.45) is 0.635. The van der Waals surface area contributed by atoms with Crippen molar-refractivity contribution in [2.45, 2.75) is 97.6 Å². The molecule has 2 aliphatic carbocycles. The molecule has 2 saturated heterocycles. The molecule has 4 aliphatic rings. The number of ether oxygens (including phenoxy) is 5. The number of aldehydes is 1. The molecule has 0 aromatic heterocycles. The number of hydrogen-bond acceptors (Lipinski definition) is 10. The van der Waals surface area contributed by atoms with E-state index in [1.54, 1.807) is 13.8 Å². The summed E-state index contributed by atoms with van der Waals surface area (Å²) in [5.74, 6) is -3.10. The van der Waals surface area contributed by atoms with E-state index in [9.17, 15) is 24.0 Å². The third-order valence-corrected chi connectivity index (χ3v) is 9.63. The molecule has 38 heavy (non-hydrogen) atoms. The van der Waals surface area contributed by atoms with Crippen LogP contribution in [-0.2, 0) is 47.7 Å². The zero-order valence-electron chi connectivity index (χ0n) is 23.2. The largest absolute Gasteiger partial charge is 0.465 e. The van der Waals surface area contributed by atoms with Gasteiger partial charge in [-0.25, -0.2) is 0 Å². The number of rotatable bonds is 8. The molecule has 4 rings (SSSR count). The predicted octanol–water partition coefficient (Wildman–Crippen LogP) is 2.78. The summed E-state index contributed by atoms with van der Waals surface area (Å²) >= 11 is 0. The predicted molar refractivity (Wildman–Crippen MR) is 131 cm³/mol. The van der Waals surface area contributed by atoms with Gasteiger partial charge in [0.15, 0.2) is 6.10 Å². The van der Waals surface area contributed by atoms with Gasteiger partial charge in [-0.1, -0.05) is 27.7 Å². The second-order valence-corrected chi connectivity index (χ2v) is 12.1. The van der Waals surface area contributed by atoms with Crippen molar-refractivity contribution < 1.29 is 47.7 Å². The lowest BCUT2D eigenvalue weighted by atomic mass is 9.42. The fraction of sp³-hybridized carbons (Fsp3) is 0.821. The first-order chi connectivity index (χ1) is 17.8. The summed E-state index contributed by atoms with van der Waals surface area (Å²) in [5, 5.41) is 0. The molecule has 2 heterocycles. The van der Waals surface area contributed by atoms with E-state index in [1.165, 1.54) is 13.8 Å². The molecule has 2 aliphatic heterocycles. The lowest BCUT2D eigenvalue weighted by molar-refractivity contribution is -0.254. The Kier molecular flexibility index (Phi) is 7.69. The number of esters is 4. The monoisotopic (exact) mass is 536 g/mol. The molecule has 10 nitrogen and oxygen atoms in total. The zero-order chi connectivity index (χ0) is 28.0. The molecule has 0 amide bonds. The van der Waals surface area contributed by atoms with Gasteiger partial charge in [0.2, 0.25) is 0 Å². The van der Waals surface area contributed by atoms with E-state index in [4.69, 9.17) is 23.7 Å². The van der Waals surface area contributed by atoms with Gasteiger partial charge < -0.3 is 28.5 Å². The zero-order valence-corrected chi connectivity index (χ0v) is 23.2. The second kappa shape index (κ2) is 10.2. The number of fused-ring (bicyclic) bond motifs is 2. The maximum atomic E-state index is 13.3. The third kappa shape index (κ3) is 4.62. The van der Waals surface area contributed by atoms with Crippen molar-refractivity contribution in [3.63, 3.8) is 0 Å². The van der Waals surface area contributed by atoms with Crippen molar-refractivity contribution in [2.75, 3.05) is 13.2 Å². The molecular formula is C28H40O10. The van der Waals surface area contributed by atoms with Gasteiger partial charge in [-0.15, -0.1) is 0 Å². The molecule has 0 aromatic carbocycles. The number of hydrogen-bond donors (Lipinski definition) is 0. The number of carbonyl (C=O) groups excluding carboxylic acids is 5. The van der Waals surface area contributed by atoms with Crippen molar-refractivity contribution >= 4 is 30.2 Å². The van der Waals surface area contributed by atoms with E-state index in [-0.39, 0.29) is 42.7 Å². The molecule has 0 radical (unpaired) electrons. The van der Waals surface area contributed by atoms with Gasteiger partial charge in [-0.05, 0) is 37.0 Å². The van der Waals surface area contributed by atoms with Crippen LogP contribution in [-0.4, -0.2) is 67.3 Å². The van der Waals surface area contributed by atoms with Crippen LogP contribution in [0, 0.1) is 34.5 Å². The Morgan fingerprint density at radius 1 is 1.13 bits per heavy atom. The number of epoxide rings is 1. The molecule has 4 fully saturated rings. The minimum absolute atomic E-state index is 0.224. The molecule has 0 unspecified atom stereocenters. The topological polar surface area (TPSA) is 135 Å². The van der Waals surface area contributed by atoms with Crippen LogP contribution >= 0.6 is 0 Å². The molecule has 10 heteroatoms. The first-order valence-corrected chi connectivity index (χ1v) is 13.6. The maximum absolute atomic E-state index is 13.3. The van der Waals surface area contributed by atoms with E-state index < -0.39 is 52.6 Å². The van der Waals surface area contributed by atoms with E-state index in [2.05, 4.69) is 0 Å². The van der Waals surface area contributed by atoms with Crippen LogP contribution in [0.1, 0.15) is 73.6 Å². The van der Waals surface area contributed by atoms with Crippen LogP contribution in [0.15, 0.2) is 0 Å². The van der Waals surface area contributed by atoms with E-state index >= 15 is 0 Å². The quantitative estimate of drug-likeness (QED) is 0.197. The molecule has 0 bridgehead atoms. The van der Waals surface area contributed by atoms with Crippen LogP contribution in [0.4, 0.5) is 0 Å². The Balaban J connectivity index is 1.82. The number of carbonyl (C=O) groups is 5. The van der Waals surface area contributed by atoms with Crippen molar-refractivity contribution in [3.8, 4) is 0 Å². The summed E-state index contributed by atoms with van der Waals surface area (Å²) in [6.45, 7) is 10.6. The molecule has 0 aromatic rings. The average molecular weight is 537 g/mol. The first-order valence-electron chi connectivity index (χ1n) is 13.6. The van der Waals surface area contributed by atoms with Crippen molar-refractivity contribution in [2.24, 2.45) is 34.5 Å². The number of cyclic esters (lactones) is 1. The highest BCUT2D eigenvalue weighted by Gasteiger charge is 2.79. The van der Waals surface area contributed by atoms with Crippen molar-refractivity contribution in [1.29, 1.82) is 0 Å². The Morgan fingerprint density at radius 3 is 2.29 bits per heavy atom. The van der Waals surface area contributed by atoms with Gasteiger partial charge in [-0.3, -0.25) is 19.2 Å². The summed E-state index contributed by atoms with van der Waals surface area (Å²) in [6, 6.07) is 0. The Hall–Kier alpha value is -2.49. The second-order valence-electron chi connectivity index (χ2n) is 12.1. The highest BCUT2D eigenvalue weighted by Crippen LogP contribution is 2.69. The molecular weight excluding hydrogens is 496 g/mol. The normalized spacial score (nSPS) is 41.7. The SMILES string of the molecule is CC(=O)O[C@@H]1[C@@H](C)[C@](C)(CC[C@H]2CCOC2=O)[C@H]2C[C@@H](OC(=O)C(C)C)C[C@]3(CO3)[C@]2(C=O)[C@H]1OC(C)=O. The fourth-order valence-electron chi connectivity index (χ4n) is 7.39. The Morgan fingerprint density at radius 2 is 1.79 bits per heavy atom. The smallest absolute Gasteiger partial charge is 0.309 e. The van der Waals surface area contributed by atoms with Gasteiger partial charge in [-0.2, -0.15) is 0 Å². The summed E-state index contributed by atoms with van der Waals surface area (Å²) in [7, 11) is 0. The highest BCUT2D eigenvalue weighted by atomic mass is 16.6. The first kappa shape index (κ1) is 28.5. The van der Waals surface area contributed by atoms with Gasteiger partial charge in [0.05, 0.1) is 25.0 Å². The van der Waals surface area contributed by atoms with Crippen LogP contribution < -0.4 is 0 Å². The lowest BCUT2D eigenvalue weighted by Gasteiger charge is -2.63.